The molecule has 1 fully saturated rings. The highest BCUT2D eigenvalue weighted by molar-refractivity contribution is 5.76. The van der Waals surface area contributed by atoms with Crippen molar-refractivity contribution >= 4 is 5.91 Å². The summed E-state index contributed by atoms with van der Waals surface area (Å²) in [6.45, 7) is 4.42. The van der Waals surface area contributed by atoms with Crippen molar-refractivity contribution in [3.05, 3.63) is 11.9 Å². The molecule has 1 aromatic rings. The third-order valence-corrected chi connectivity index (χ3v) is 3.10. The Morgan fingerprint density at radius 2 is 2.11 bits per heavy atom. The van der Waals surface area contributed by atoms with E-state index in [0.717, 1.165) is 31.9 Å². The fraction of sp³-hybridized carbons (Fsp3) is 0.727. The van der Waals surface area contributed by atoms with Crippen LogP contribution in [0.15, 0.2) is 6.20 Å². The summed E-state index contributed by atoms with van der Waals surface area (Å²) >= 11 is 0. The molecular weight excluding hydrogens is 232 g/mol. The molecular formula is C11H20N6O. The van der Waals surface area contributed by atoms with E-state index in [1.165, 1.54) is 0 Å². The maximum Gasteiger partial charge on any atom is 0.244 e. The van der Waals surface area contributed by atoms with Crippen LogP contribution in [0.4, 0.5) is 0 Å². The lowest BCUT2D eigenvalue weighted by Crippen LogP contribution is -2.48. The van der Waals surface area contributed by atoms with Crippen molar-refractivity contribution in [3.63, 3.8) is 0 Å². The Labute approximate surface area is 107 Å². The van der Waals surface area contributed by atoms with Crippen molar-refractivity contribution in [1.29, 1.82) is 0 Å². The molecule has 100 valence electrons. The fourth-order valence-corrected chi connectivity index (χ4v) is 1.97. The average molecular weight is 252 g/mol. The minimum atomic E-state index is 0.115. The molecule has 0 aromatic carbocycles. The van der Waals surface area contributed by atoms with E-state index in [2.05, 4.69) is 27.6 Å². The molecule has 18 heavy (non-hydrogen) atoms. The van der Waals surface area contributed by atoms with Crippen molar-refractivity contribution in [3.8, 4) is 0 Å². The van der Waals surface area contributed by atoms with Crippen LogP contribution in [0.1, 0.15) is 5.69 Å². The van der Waals surface area contributed by atoms with Crippen LogP contribution in [-0.2, 0) is 17.9 Å². The lowest BCUT2D eigenvalue weighted by Gasteiger charge is -2.32. The second-order valence-corrected chi connectivity index (χ2v) is 4.62. The molecule has 0 bridgehead atoms. The topological polar surface area (TPSA) is 66.3 Å². The summed E-state index contributed by atoms with van der Waals surface area (Å²) < 4.78 is 1.60. The van der Waals surface area contributed by atoms with E-state index in [-0.39, 0.29) is 12.5 Å². The zero-order valence-corrected chi connectivity index (χ0v) is 11.0. The second-order valence-electron chi connectivity index (χ2n) is 4.62. The molecule has 2 rings (SSSR count). The van der Waals surface area contributed by atoms with E-state index >= 15 is 0 Å². The number of carbonyl (C=O) groups excluding carboxylic acids is 1. The van der Waals surface area contributed by atoms with Gasteiger partial charge in [0, 0.05) is 32.7 Å². The van der Waals surface area contributed by atoms with Crippen molar-refractivity contribution in [2.24, 2.45) is 0 Å². The first kappa shape index (κ1) is 13.0. The van der Waals surface area contributed by atoms with Gasteiger partial charge >= 0.3 is 0 Å². The average Bonchev–Trinajstić information content (AvgIpc) is 2.78. The zero-order chi connectivity index (χ0) is 13.0. The summed E-state index contributed by atoms with van der Waals surface area (Å²) in [5.74, 6) is 0.115. The number of nitrogens with zero attached hydrogens (tertiary/aromatic N) is 5. The molecule has 2 heterocycles. The maximum absolute atomic E-state index is 12.0. The Morgan fingerprint density at radius 1 is 1.39 bits per heavy atom. The van der Waals surface area contributed by atoms with Crippen molar-refractivity contribution < 1.29 is 4.79 Å². The molecule has 7 nitrogen and oxygen atoms in total. The van der Waals surface area contributed by atoms with Crippen LogP contribution in [0.5, 0.6) is 0 Å². The van der Waals surface area contributed by atoms with E-state index in [1.807, 2.05) is 18.1 Å². The standard InChI is InChI=1S/C11H20N6O/c1-12-7-10-8-17(14-13-10)9-11(18)16-5-3-15(2)4-6-16/h8,12H,3-7,9H2,1-2H3. The predicted molar refractivity (Wildman–Crippen MR) is 66.9 cm³/mol. The zero-order valence-electron chi connectivity index (χ0n) is 11.0. The van der Waals surface area contributed by atoms with Gasteiger partial charge in [0.2, 0.25) is 5.91 Å². The highest BCUT2D eigenvalue weighted by Crippen LogP contribution is 2.01. The Balaban J connectivity index is 1.86. The molecule has 7 heteroatoms. The summed E-state index contributed by atoms with van der Waals surface area (Å²) in [4.78, 5) is 16.2. The first-order valence-electron chi connectivity index (χ1n) is 6.19. The molecule has 0 aliphatic carbocycles. The molecule has 0 saturated carbocycles. The van der Waals surface area contributed by atoms with Gasteiger partial charge < -0.3 is 15.1 Å². The Hall–Kier alpha value is -1.47. The van der Waals surface area contributed by atoms with Crippen LogP contribution in [0.3, 0.4) is 0 Å². The van der Waals surface area contributed by atoms with Crippen molar-refractivity contribution in [2.45, 2.75) is 13.1 Å². The first-order chi connectivity index (χ1) is 8.69. The second kappa shape index (κ2) is 5.92. The van der Waals surface area contributed by atoms with Crippen LogP contribution in [-0.4, -0.2) is 71.0 Å². The van der Waals surface area contributed by atoms with E-state index in [9.17, 15) is 4.79 Å². The van der Waals surface area contributed by atoms with Gasteiger partial charge in [-0.15, -0.1) is 5.10 Å². The van der Waals surface area contributed by atoms with Crippen LogP contribution in [0, 0.1) is 0 Å². The molecule has 0 atom stereocenters. The quantitative estimate of drug-likeness (QED) is 0.727. The number of carbonyl (C=O) groups is 1. The predicted octanol–water partition coefficient (Wildman–Crippen LogP) is -1.23. The van der Waals surface area contributed by atoms with E-state index in [0.29, 0.717) is 6.54 Å². The molecule has 1 aliphatic heterocycles. The molecule has 1 aliphatic rings. The number of hydrogen-bond acceptors (Lipinski definition) is 5. The number of hydrogen-bond donors (Lipinski definition) is 1. The van der Waals surface area contributed by atoms with Crippen LogP contribution < -0.4 is 5.32 Å². The number of aromatic nitrogens is 3. The molecule has 1 amide bonds. The number of nitrogens with one attached hydrogen (secondary N) is 1. The third-order valence-electron chi connectivity index (χ3n) is 3.10. The summed E-state index contributed by atoms with van der Waals surface area (Å²) in [6, 6.07) is 0. The highest BCUT2D eigenvalue weighted by atomic mass is 16.2. The molecule has 1 saturated heterocycles. The van der Waals surface area contributed by atoms with Gasteiger partial charge in [-0.3, -0.25) is 4.79 Å². The van der Waals surface area contributed by atoms with Crippen molar-refractivity contribution in [2.75, 3.05) is 40.3 Å². The number of piperazine rings is 1. The Bertz CT molecular complexity index is 396. The smallest absolute Gasteiger partial charge is 0.244 e. The van der Waals surface area contributed by atoms with Gasteiger partial charge in [-0.1, -0.05) is 5.21 Å². The van der Waals surface area contributed by atoms with E-state index in [1.54, 1.807) is 4.68 Å². The minimum absolute atomic E-state index is 0.115. The third kappa shape index (κ3) is 3.27. The van der Waals surface area contributed by atoms with Crippen LogP contribution in [0.25, 0.3) is 0 Å². The Kier molecular flexibility index (Phi) is 4.27. The minimum Gasteiger partial charge on any atom is -0.339 e. The summed E-state index contributed by atoms with van der Waals surface area (Å²) in [5, 5.41) is 10.9. The molecule has 0 unspecified atom stereocenters. The van der Waals surface area contributed by atoms with Gasteiger partial charge in [-0.2, -0.15) is 0 Å². The maximum atomic E-state index is 12.0. The van der Waals surface area contributed by atoms with Gasteiger partial charge in [0.05, 0.1) is 11.9 Å². The van der Waals surface area contributed by atoms with Gasteiger partial charge in [0.25, 0.3) is 0 Å². The van der Waals surface area contributed by atoms with Gasteiger partial charge in [0.1, 0.15) is 6.54 Å². The number of likely N-dealkylation sites (N-methyl/N-ethyl adjacent to an activating group) is 1. The summed E-state index contributed by atoms with van der Waals surface area (Å²) in [5.41, 5.74) is 0.851. The molecule has 1 aromatic heterocycles. The fourth-order valence-electron chi connectivity index (χ4n) is 1.97. The van der Waals surface area contributed by atoms with Crippen molar-refractivity contribution in [1.82, 2.24) is 30.1 Å². The lowest BCUT2D eigenvalue weighted by molar-refractivity contribution is -0.133. The first-order valence-corrected chi connectivity index (χ1v) is 6.19. The molecule has 0 radical (unpaired) electrons. The van der Waals surface area contributed by atoms with Gasteiger partial charge in [-0.05, 0) is 14.1 Å². The normalized spacial score (nSPS) is 17.1. The lowest BCUT2D eigenvalue weighted by atomic mass is 10.3. The molecule has 0 spiro atoms. The summed E-state index contributed by atoms with van der Waals surface area (Å²) in [7, 11) is 3.93. The summed E-state index contributed by atoms with van der Waals surface area (Å²) in [6.07, 6.45) is 1.81. The SMILES string of the molecule is CNCc1cn(CC(=O)N2CCN(C)CC2)nn1. The van der Waals surface area contributed by atoms with Crippen LogP contribution in [0.2, 0.25) is 0 Å². The molecule has 1 N–H and O–H groups in total. The van der Waals surface area contributed by atoms with Gasteiger partial charge in [-0.25, -0.2) is 4.68 Å². The van der Waals surface area contributed by atoms with E-state index in [4.69, 9.17) is 0 Å². The number of amides is 1. The van der Waals surface area contributed by atoms with Crippen LogP contribution >= 0.6 is 0 Å². The largest absolute Gasteiger partial charge is 0.339 e. The van der Waals surface area contributed by atoms with E-state index < -0.39 is 0 Å². The van der Waals surface area contributed by atoms with Gasteiger partial charge in [0.15, 0.2) is 0 Å². The Morgan fingerprint density at radius 3 is 2.78 bits per heavy atom. The highest BCUT2D eigenvalue weighted by Gasteiger charge is 2.19. The number of rotatable bonds is 4. The monoisotopic (exact) mass is 252 g/mol.